The van der Waals surface area contributed by atoms with E-state index < -0.39 is 17.5 Å². The molecule has 0 saturated heterocycles. The number of benzene rings is 2. The first-order valence-electron chi connectivity index (χ1n) is 14.5. The van der Waals surface area contributed by atoms with Crippen molar-refractivity contribution in [3.8, 4) is 5.75 Å². The van der Waals surface area contributed by atoms with Crippen LogP contribution in [0.15, 0.2) is 79.9 Å². The Hall–Kier alpha value is -3.91. The molecule has 0 aliphatic rings. The van der Waals surface area contributed by atoms with E-state index in [1.807, 2.05) is 60.7 Å². The van der Waals surface area contributed by atoms with Gasteiger partial charge in [-0.1, -0.05) is 54.6 Å². The fourth-order valence-electron chi connectivity index (χ4n) is 4.27. The minimum absolute atomic E-state index is 0.0225. The number of carbonyl (C=O) groups is 3. The average molecular weight is 579 g/mol. The molecular formula is C34H46N2O6. The fourth-order valence-corrected chi connectivity index (χ4v) is 4.27. The third-order valence-electron chi connectivity index (χ3n) is 6.59. The summed E-state index contributed by atoms with van der Waals surface area (Å²) < 4.78 is 11.2. The topological polar surface area (TPSA) is 114 Å². The summed E-state index contributed by atoms with van der Waals surface area (Å²) >= 11 is 0. The van der Waals surface area contributed by atoms with Gasteiger partial charge in [0.1, 0.15) is 19.0 Å². The van der Waals surface area contributed by atoms with Gasteiger partial charge >= 0.3 is 5.97 Å². The Morgan fingerprint density at radius 1 is 0.976 bits per heavy atom. The van der Waals surface area contributed by atoms with E-state index in [0.29, 0.717) is 25.9 Å². The van der Waals surface area contributed by atoms with Crippen molar-refractivity contribution in [1.29, 1.82) is 0 Å². The van der Waals surface area contributed by atoms with Crippen LogP contribution in [0.5, 0.6) is 5.75 Å². The van der Waals surface area contributed by atoms with E-state index >= 15 is 0 Å². The Bertz CT molecular complexity index is 1130. The molecule has 0 radical (unpaired) electrons. The smallest absolute Gasteiger partial charge is 0.305 e. The molecule has 0 spiro atoms. The number of aliphatic hydroxyl groups is 1. The molecule has 0 aromatic heterocycles. The highest BCUT2D eigenvalue weighted by molar-refractivity contribution is 5.86. The van der Waals surface area contributed by atoms with E-state index in [2.05, 4.69) is 23.8 Å². The molecule has 2 rings (SSSR count). The average Bonchev–Trinajstić information content (AvgIpc) is 2.97. The number of rotatable bonds is 20. The van der Waals surface area contributed by atoms with Gasteiger partial charge in [0.2, 0.25) is 11.8 Å². The highest BCUT2D eigenvalue weighted by Gasteiger charge is 2.28. The maximum absolute atomic E-state index is 13.0. The van der Waals surface area contributed by atoms with Crippen molar-refractivity contribution >= 4 is 17.8 Å². The SMILES string of the molecule is C=CCCCCC(=O)OCC(C)(C)NC(=O)[C@H](CC=C)CC(=O)N[C@H](CO)Cc1ccc(OCc2ccccc2)cc1. The van der Waals surface area contributed by atoms with E-state index in [9.17, 15) is 19.5 Å². The summed E-state index contributed by atoms with van der Waals surface area (Å²) in [6.07, 6.45) is 6.82. The predicted molar refractivity (Wildman–Crippen MR) is 165 cm³/mol. The van der Waals surface area contributed by atoms with Crippen LogP contribution in [-0.2, 0) is 32.1 Å². The van der Waals surface area contributed by atoms with Crippen LogP contribution in [0, 0.1) is 5.92 Å². The number of amides is 2. The van der Waals surface area contributed by atoms with Crippen molar-refractivity contribution in [2.75, 3.05) is 13.2 Å². The van der Waals surface area contributed by atoms with Crippen LogP contribution in [0.3, 0.4) is 0 Å². The Balaban J connectivity index is 1.83. The van der Waals surface area contributed by atoms with Crippen LogP contribution in [0.1, 0.15) is 63.5 Å². The molecule has 0 fully saturated rings. The molecule has 42 heavy (non-hydrogen) atoms. The maximum atomic E-state index is 13.0. The lowest BCUT2D eigenvalue weighted by Gasteiger charge is -2.28. The quantitative estimate of drug-likeness (QED) is 0.115. The first-order valence-corrected chi connectivity index (χ1v) is 14.5. The number of hydrogen-bond acceptors (Lipinski definition) is 6. The molecule has 228 valence electrons. The van der Waals surface area contributed by atoms with Gasteiger partial charge < -0.3 is 25.2 Å². The minimum Gasteiger partial charge on any atom is -0.489 e. The zero-order valence-electron chi connectivity index (χ0n) is 25.0. The van der Waals surface area contributed by atoms with Gasteiger partial charge in [-0.15, -0.1) is 13.2 Å². The summed E-state index contributed by atoms with van der Waals surface area (Å²) in [7, 11) is 0. The van der Waals surface area contributed by atoms with Gasteiger partial charge in [0.05, 0.1) is 24.1 Å². The number of carbonyl (C=O) groups excluding carboxylic acids is 3. The summed E-state index contributed by atoms with van der Waals surface area (Å²) in [6, 6.07) is 16.9. The third kappa shape index (κ3) is 13.6. The van der Waals surface area contributed by atoms with E-state index in [1.165, 1.54) is 0 Å². The van der Waals surface area contributed by atoms with Gasteiger partial charge in [0.25, 0.3) is 0 Å². The molecule has 2 amide bonds. The first kappa shape index (κ1) is 34.3. The van der Waals surface area contributed by atoms with Gasteiger partial charge in [0, 0.05) is 12.8 Å². The zero-order chi connectivity index (χ0) is 30.8. The molecule has 2 atom stereocenters. The van der Waals surface area contributed by atoms with Gasteiger partial charge in [-0.2, -0.15) is 0 Å². The molecule has 3 N–H and O–H groups in total. The molecule has 8 heteroatoms. The fraction of sp³-hybridized carbons (Fsp3) is 0.441. The van der Waals surface area contributed by atoms with E-state index in [-0.39, 0.29) is 37.4 Å². The number of nitrogens with one attached hydrogen (secondary N) is 2. The molecule has 0 saturated carbocycles. The van der Waals surface area contributed by atoms with Crippen LogP contribution in [-0.4, -0.2) is 47.7 Å². The number of aliphatic hydroxyl groups excluding tert-OH is 1. The highest BCUT2D eigenvalue weighted by atomic mass is 16.5. The monoisotopic (exact) mass is 578 g/mol. The van der Waals surface area contributed by atoms with E-state index in [0.717, 1.165) is 36.1 Å². The Morgan fingerprint density at radius 3 is 2.33 bits per heavy atom. The maximum Gasteiger partial charge on any atom is 0.305 e. The van der Waals surface area contributed by atoms with Gasteiger partial charge in [-0.05, 0) is 69.2 Å². The van der Waals surface area contributed by atoms with Gasteiger partial charge in [0.15, 0.2) is 0 Å². The molecule has 0 aliphatic heterocycles. The molecule has 0 bridgehead atoms. The summed E-state index contributed by atoms with van der Waals surface area (Å²) in [5.41, 5.74) is 1.19. The van der Waals surface area contributed by atoms with Crippen molar-refractivity contribution < 1.29 is 29.0 Å². The van der Waals surface area contributed by atoms with Crippen molar-refractivity contribution in [1.82, 2.24) is 10.6 Å². The summed E-state index contributed by atoms with van der Waals surface area (Å²) in [4.78, 5) is 37.9. The molecule has 2 aromatic rings. The molecule has 0 unspecified atom stereocenters. The normalized spacial score (nSPS) is 12.5. The number of ether oxygens (including phenoxy) is 2. The number of unbranched alkanes of at least 4 members (excludes halogenated alkanes) is 2. The lowest BCUT2D eigenvalue weighted by atomic mass is 9.97. The van der Waals surface area contributed by atoms with Crippen LogP contribution in [0.25, 0.3) is 0 Å². The molecule has 0 aliphatic carbocycles. The number of allylic oxidation sites excluding steroid dienone is 2. The molecule has 2 aromatic carbocycles. The van der Waals surface area contributed by atoms with Crippen LogP contribution in [0.2, 0.25) is 0 Å². The lowest BCUT2D eigenvalue weighted by Crippen LogP contribution is -2.50. The lowest BCUT2D eigenvalue weighted by molar-refractivity contribution is -0.147. The Morgan fingerprint density at radius 2 is 1.69 bits per heavy atom. The number of esters is 1. The Labute approximate surface area is 250 Å². The van der Waals surface area contributed by atoms with Crippen molar-refractivity contribution in [2.45, 2.75) is 77.0 Å². The number of hydrogen-bond donors (Lipinski definition) is 3. The molecule has 8 nitrogen and oxygen atoms in total. The zero-order valence-corrected chi connectivity index (χ0v) is 25.0. The minimum atomic E-state index is -0.811. The predicted octanol–water partition coefficient (Wildman–Crippen LogP) is 5.05. The largest absolute Gasteiger partial charge is 0.489 e. The summed E-state index contributed by atoms with van der Waals surface area (Å²) in [5, 5.41) is 15.6. The van der Waals surface area contributed by atoms with Crippen molar-refractivity contribution in [3.63, 3.8) is 0 Å². The van der Waals surface area contributed by atoms with Crippen molar-refractivity contribution in [3.05, 3.63) is 91.0 Å². The highest BCUT2D eigenvalue weighted by Crippen LogP contribution is 2.17. The standard InChI is InChI=1S/C34H46N2O6/c1-5-7-8-12-16-32(39)42-25-34(3,4)36-33(40)28(13-6-2)22-31(38)35-29(23-37)21-26-17-19-30(20-18-26)41-24-27-14-10-9-11-15-27/h5-6,9-11,14-15,17-20,28-29,37H,1-2,7-8,12-13,16,21-25H2,3-4H3,(H,35,38)(H,36,40)/t28-,29+/m1/s1. The van der Waals surface area contributed by atoms with Gasteiger partial charge in [-0.25, -0.2) is 0 Å². The second-order valence-corrected chi connectivity index (χ2v) is 11.1. The summed E-state index contributed by atoms with van der Waals surface area (Å²) in [5.74, 6) is -0.914. The third-order valence-corrected chi connectivity index (χ3v) is 6.59. The second kappa shape index (κ2) is 18.5. The Kier molecular flexibility index (Phi) is 15.1. The second-order valence-electron chi connectivity index (χ2n) is 11.1. The van der Waals surface area contributed by atoms with Crippen LogP contribution >= 0.6 is 0 Å². The first-order chi connectivity index (χ1) is 20.2. The van der Waals surface area contributed by atoms with E-state index in [4.69, 9.17) is 9.47 Å². The van der Waals surface area contributed by atoms with Crippen LogP contribution in [0.4, 0.5) is 0 Å². The van der Waals surface area contributed by atoms with Gasteiger partial charge in [-0.3, -0.25) is 14.4 Å². The summed E-state index contributed by atoms with van der Waals surface area (Å²) in [6.45, 7) is 11.2. The molecule has 0 heterocycles. The van der Waals surface area contributed by atoms with E-state index in [1.54, 1.807) is 19.9 Å². The molecular weight excluding hydrogens is 532 g/mol. The van der Waals surface area contributed by atoms with Crippen molar-refractivity contribution in [2.24, 2.45) is 5.92 Å². The van der Waals surface area contributed by atoms with Crippen LogP contribution < -0.4 is 15.4 Å².